The van der Waals surface area contributed by atoms with Crippen molar-refractivity contribution >= 4 is 17.8 Å². The van der Waals surface area contributed by atoms with E-state index in [9.17, 15) is 22.8 Å². The van der Waals surface area contributed by atoms with Crippen LogP contribution in [0, 0.1) is 11.8 Å². The summed E-state index contributed by atoms with van der Waals surface area (Å²) in [7, 11) is 1.40. The van der Waals surface area contributed by atoms with Gasteiger partial charge in [-0.1, -0.05) is 19.8 Å². The molecule has 1 aromatic rings. The minimum Gasteiger partial charge on any atom is -0.382 e. The van der Waals surface area contributed by atoms with Gasteiger partial charge in [-0.25, -0.2) is 9.78 Å². The van der Waals surface area contributed by atoms with Crippen LogP contribution in [-0.2, 0) is 9.53 Å². The van der Waals surface area contributed by atoms with Gasteiger partial charge in [0.1, 0.15) is 11.9 Å². The molecule has 3 rings (SSSR count). The molecule has 1 saturated carbocycles. The Morgan fingerprint density at radius 1 is 1.38 bits per heavy atom. The lowest BCUT2D eigenvalue weighted by Gasteiger charge is -2.30. The predicted molar refractivity (Wildman–Crippen MR) is 112 cm³/mol. The molecular weight excluding hydrogens is 427 g/mol. The molecular formula is C21H30F3N5O3. The predicted octanol–water partition coefficient (Wildman–Crippen LogP) is 2.82. The number of ether oxygens (including phenoxy) is 1. The number of halogens is 3. The monoisotopic (exact) mass is 457 g/mol. The van der Waals surface area contributed by atoms with Gasteiger partial charge < -0.3 is 26.0 Å². The van der Waals surface area contributed by atoms with Crippen LogP contribution < -0.4 is 16.4 Å². The van der Waals surface area contributed by atoms with E-state index in [1.807, 2.05) is 5.32 Å². The van der Waals surface area contributed by atoms with Gasteiger partial charge in [-0.05, 0) is 42.4 Å². The second-order valence-corrected chi connectivity index (χ2v) is 8.68. The summed E-state index contributed by atoms with van der Waals surface area (Å²) in [4.78, 5) is 30.1. The first-order chi connectivity index (χ1) is 15.1. The van der Waals surface area contributed by atoms with Gasteiger partial charge in [-0.3, -0.25) is 4.79 Å². The third-order valence-corrected chi connectivity index (χ3v) is 6.32. The number of hydrogen-bond acceptors (Lipinski definition) is 5. The largest absolute Gasteiger partial charge is 0.410 e. The van der Waals surface area contributed by atoms with Gasteiger partial charge in [0.25, 0.3) is 0 Å². The number of anilines is 1. The lowest BCUT2D eigenvalue weighted by Crippen LogP contribution is -2.43. The molecule has 2 fully saturated rings. The molecule has 178 valence electrons. The maximum atomic E-state index is 13.1. The van der Waals surface area contributed by atoms with Gasteiger partial charge in [-0.15, -0.1) is 0 Å². The van der Waals surface area contributed by atoms with Gasteiger partial charge in [0.2, 0.25) is 5.91 Å². The van der Waals surface area contributed by atoms with Crippen molar-refractivity contribution in [3.8, 4) is 0 Å². The number of carbonyl (C=O) groups excluding carboxylic acids is 2. The molecule has 3 amide bonds. The summed E-state index contributed by atoms with van der Waals surface area (Å²) < 4.78 is 44.4. The van der Waals surface area contributed by atoms with E-state index in [2.05, 4.69) is 17.2 Å². The summed E-state index contributed by atoms with van der Waals surface area (Å²) in [5, 5.41) is 4.67. The molecule has 0 aromatic carbocycles. The molecule has 1 aliphatic heterocycles. The van der Waals surface area contributed by atoms with E-state index < -0.39 is 36.9 Å². The van der Waals surface area contributed by atoms with Crippen molar-refractivity contribution in [2.24, 2.45) is 17.6 Å². The molecule has 0 spiro atoms. The Balaban J connectivity index is 1.71. The maximum Gasteiger partial charge on any atom is 0.410 e. The fourth-order valence-corrected chi connectivity index (χ4v) is 4.33. The van der Waals surface area contributed by atoms with Crippen molar-refractivity contribution in [2.75, 3.05) is 25.6 Å². The Morgan fingerprint density at radius 3 is 2.66 bits per heavy atom. The first-order valence-corrected chi connectivity index (χ1v) is 10.7. The summed E-state index contributed by atoms with van der Waals surface area (Å²) in [6.07, 6.45) is 0.736. The van der Waals surface area contributed by atoms with Gasteiger partial charge in [0.05, 0.1) is 25.2 Å². The van der Waals surface area contributed by atoms with Crippen LogP contribution in [0.1, 0.15) is 44.2 Å². The average molecular weight is 457 g/mol. The summed E-state index contributed by atoms with van der Waals surface area (Å²) in [5.41, 5.74) is 6.67. The van der Waals surface area contributed by atoms with E-state index in [1.54, 1.807) is 6.07 Å². The number of rotatable bonds is 7. The van der Waals surface area contributed by atoms with Crippen molar-refractivity contribution < 1.29 is 27.5 Å². The second-order valence-electron chi connectivity index (χ2n) is 8.68. The molecule has 0 radical (unpaired) electrons. The Bertz CT molecular complexity index is 814. The summed E-state index contributed by atoms with van der Waals surface area (Å²) in [6, 6.07) is -1.11. The SMILES string of the molecule is COC[C@@H](c1ccnc(NC(=O)[C@@H](N)C2CCC(C)CC2)c1)N1C[C@@H](C(F)(F)F)NC1=O. The molecule has 3 atom stereocenters. The number of carbonyl (C=O) groups is 2. The van der Waals surface area contributed by atoms with E-state index in [0.717, 1.165) is 30.6 Å². The standard InChI is InChI=1S/C21H30F3N5O3/c1-12-3-5-13(6-4-12)18(25)19(30)28-17-9-14(7-8-26-17)15(11-32-2)29-10-16(21(22,23)24)27-20(29)31/h7-9,12-13,15-16,18H,3-6,10-11,25H2,1-2H3,(H,27,31)(H,26,28,30)/t12?,13?,15-,16-,18-/m0/s1. The van der Waals surface area contributed by atoms with Crippen LogP contribution in [0.4, 0.5) is 23.8 Å². The third kappa shape index (κ3) is 5.69. The van der Waals surface area contributed by atoms with Gasteiger partial charge in [0, 0.05) is 13.3 Å². The Kier molecular flexibility index (Phi) is 7.60. The number of aromatic nitrogens is 1. The second kappa shape index (κ2) is 10.0. The van der Waals surface area contributed by atoms with Crippen LogP contribution in [0.3, 0.4) is 0 Å². The number of urea groups is 1. The molecule has 4 N–H and O–H groups in total. The molecule has 1 aromatic heterocycles. The van der Waals surface area contributed by atoms with E-state index in [0.29, 0.717) is 11.5 Å². The highest BCUT2D eigenvalue weighted by Crippen LogP contribution is 2.32. The average Bonchev–Trinajstić information content (AvgIpc) is 3.14. The summed E-state index contributed by atoms with van der Waals surface area (Å²) >= 11 is 0. The van der Waals surface area contributed by atoms with E-state index in [-0.39, 0.29) is 24.2 Å². The third-order valence-electron chi connectivity index (χ3n) is 6.32. The van der Waals surface area contributed by atoms with Crippen LogP contribution in [0.5, 0.6) is 0 Å². The number of hydrogen-bond donors (Lipinski definition) is 3. The molecule has 11 heteroatoms. The van der Waals surface area contributed by atoms with Crippen LogP contribution in [-0.4, -0.2) is 60.3 Å². The fraction of sp³-hybridized carbons (Fsp3) is 0.667. The Labute approximate surface area is 185 Å². The normalized spacial score (nSPS) is 25.9. The van der Waals surface area contributed by atoms with Gasteiger partial charge in [0.15, 0.2) is 0 Å². The molecule has 2 heterocycles. The molecule has 0 bridgehead atoms. The van der Waals surface area contributed by atoms with Gasteiger partial charge >= 0.3 is 12.2 Å². The smallest absolute Gasteiger partial charge is 0.382 e. The quantitative estimate of drug-likeness (QED) is 0.583. The van der Waals surface area contributed by atoms with Gasteiger partial charge in [-0.2, -0.15) is 13.2 Å². The van der Waals surface area contributed by atoms with E-state index in [1.165, 1.54) is 19.4 Å². The molecule has 1 saturated heterocycles. The highest BCUT2D eigenvalue weighted by atomic mass is 19.4. The highest BCUT2D eigenvalue weighted by Gasteiger charge is 2.48. The minimum absolute atomic E-state index is 0.0187. The molecule has 0 unspecified atom stereocenters. The van der Waals surface area contributed by atoms with Crippen LogP contribution in [0.2, 0.25) is 0 Å². The number of nitrogens with one attached hydrogen (secondary N) is 2. The zero-order chi connectivity index (χ0) is 23.5. The van der Waals surface area contributed by atoms with Crippen molar-refractivity contribution in [2.45, 2.75) is 56.9 Å². The lowest BCUT2D eigenvalue weighted by atomic mass is 9.79. The van der Waals surface area contributed by atoms with E-state index >= 15 is 0 Å². The number of nitrogens with two attached hydrogens (primary N) is 1. The van der Waals surface area contributed by atoms with Crippen molar-refractivity contribution in [3.05, 3.63) is 23.9 Å². The van der Waals surface area contributed by atoms with E-state index in [4.69, 9.17) is 10.5 Å². The Hall–Kier alpha value is -2.40. The number of alkyl halides is 3. The fourth-order valence-electron chi connectivity index (χ4n) is 4.33. The molecule has 1 aliphatic carbocycles. The number of amides is 3. The lowest BCUT2D eigenvalue weighted by molar-refractivity contribution is -0.150. The number of methoxy groups -OCH3 is 1. The van der Waals surface area contributed by atoms with Crippen molar-refractivity contribution in [1.82, 2.24) is 15.2 Å². The molecule has 2 aliphatic rings. The number of pyridine rings is 1. The van der Waals surface area contributed by atoms with Crippen LogP contribution >= 0.6 is 0 Å². The van der Waals surface area contributed by atoms with Crippen LogP contribution in [0.15, 0.2) is 18.3 Å². The topological polar surface area (TPSA) is 110 Å². The van der Waals surface area contributed by atoms with Crippen molar-refractivity contribution in [1.29, 1.82) is 0 Å². The summed E-state index contributed by atoms with van der Waals surface area (Å²) in [5.74, 6) is 0.606. The van der Waals surface area contributed by atoms with Crippen LogP contribution in [0.25, 0.3) is 0 Å². The Morgan fingerprint density at radius 2 is 2.06 bits per heavy atom. The zero-order valence-corrected chi connectivity index (χ0v) is 18.2. The molecule has 8 nitrogen and oxygen atoms in total. The zero-order valence-electron chi connectivity index (χ0n) is 18.2. The first-order valence-electron chi connectivity index (χ1n) is 10.7. The molecule has 32 heavy (non-hydrogen) atoms. The first kappa shape index (κ1) is 24.2. The maximum absolute atomic E-state index is 13.1. The number of nitrogens with zero attached hydrogens (tertiary/aromatic N) is 2. The highest BCUT2D eigenvalue weighted by molar-refractivity contribution is 5.94. The van der Waals surface area contributed by atoms with Crippen molar-refractivity contribution in [3.63, 3.8) is 0 Å². The minimum atomic E-state index is -4.55. The summed E-state index contributed by atoms with van der Waals surface area (Å²) in [6.45, 7) is 1.63.